The molecule has 0 radical (unpaired) electrons. The van der Waals surface area contributed by atoms with Gasteiger partial charge in [0.2, 0.25) is 5.91 Å². The van der Waals surface area contributed by atoms with Gasteiger partial charge in [-0.3, -0.25) is 14.5 Å². The molecule has 2 amide bonds. The Labute approximate surface area is 168 Å². The summed E-state index contributed by atoms with van der Waals surface area (Å²) >= 11 is 0. The average molecular weight is 399 g/mol. The fourth-order valence-electron chi connectivity index (χ4n) is 3.13. The lowest BCUT2D eigenvalue weighted by molar-refractivity contribution is -0.117. The molecule has 8 heteroatoms. The summed E-state index contributed by atoms with van der Waals surface area (Å²) in [5, 5.41) is 2.67. The van der Waals surface area contributed by atoms with E-state index in [2.05, 4.69) is 10.1 Å². The average Bonchev–Trinajstić information content (AvgIpc) is 2.73. The standard InChI is InChI=1S/C21H22FN3O4/c1-29-21(28)16-7-5-15(6-8-16)20(27)25-11-9-24(10-12-25)14-19(26)23-18-4-2-3-17(22)13-18/h2-8,13H,9-12,14H2,1H3,(H,23,26). The highest BCUT2D eigenvalue weighted by Gasteiger charge is 2.23. The Balaban J connectivity index is 1.49. The number of halogens is 1. The minimum absolute atomic E-state index is 0.120. The molecule has 0 aliphatic carbocycles. The molecule has 3 rings (SSSR count). The van der Waals surface area contributed by atoms with Crippen LogP contribution < -0.4 is 5.32 Å². The van der Waals surface area contributed by atoms with Crippen molar-refractivity contribution >= 4 is 23.5 Å². The Kier molecular flexibility index (Phi) is 6.56. The van der Waals surface area contributed by atoms with Crippen LogP contribution in [0.15, 0.2) is 48.5 Å². The third-order valence-corrected chi connectivity index (χ3v) is 4.69. The van der Waals surface area contributed by atoms with E-state index in [1.54, 1.807) is 35.2 Å². The van der Waals surface area contributed by atoms with E-state index in [0.29, 0.717) is 43.0 Å². The highest BCUT2D eigenvalue weighted by atomic mass is 19.1. The maximum absolute atomic E-state index is 13.2. The lowest BCUT2D eigenvalue weighted by Gasteiger charge is -2.34. The second-order valence-corrected chi connectivity index (χ2v) is 6.70. The molecule has 0 aromatic heterocycles. The van der Waals surface area contributed by atoms with Crippen molar-refractivity contribution in [3.05, 3.63) is 65.5 Å². The van der Waals surface area contributed by atoms with Crippen LogP contribution >= 0.6 is 0 Å². The summed E-state index contributed by atoms with van der Waals surface area (Å²) in [6.07, 6.45) is 0. The topological polar surface area (TPSA) is 79.0 Å². The van der Waals surface area contributed by atoms with Gasteiger partial charge in [-0.25, -0.2) is 9.18 Å². The van der Waals surface area contributed by atoms with Gasteiger partial charge in [0.05, 0.1) is 19.2 Å². The van der Waals surface area contributed by atoms with Crippen molar-refractivity contribution < 1.29 is 23.5 Å². The molecule has 29 heavy (non-hydrogen) atoms. The van der Waals surface area contributed by atoms with E-state index in [-0.39, 0.29) is 18.4 Å². The number of hydrogen-bond donors (Lipinski definition) is 1. The number of nitrogens with zero attached hydrogens (tertiary/aromatic N) is 2. The van der Waals surface area contributed by atoms with Crippen LogP contribution in [0.3, 0.4) is 0 Å². The molecule has 1 heterocycles. The first kappa shape index (κ1) is 20.5. The van der Waals surface area contributed by atoms with Gasteiger partial charge >= 0.3 is 5.97 Å². The van der Waals surface area contributed by atoms with E-state index in [1.165, 1.54) is 25.3 Å². The minimum Gasteiger partial charge on any atom is -0.465 e. The first-order chi connectivity index (χ1) is 14.0. The summed E-state index contributed by atoms with van der Waals surface area (Å²) < 4.78 is 17.8. The van der Waals surface area contributed by atoms with Crippen LogP contribution in [0, 0.1) is 5.82 Å². The number of amides is 2. The Bertz CT molecular complexity index is 893. The van der Waals surface area contributed by atoms with E-state index in [4.69, 9.17) is 0 Å². The van der Waals surface area contributed by atoms with Crippen molar-refractivity contribution in [2.75, 3.05) is 45.2 Å². The molecule has 7 nitrogen and oxygen atoms in total. The highest BCUT2D eigenvalue weighted by Crippen LogP contribution is 2.12. The van der Waals surface area contributed by atoms with E-state index in [1.807, 2.05) is 4.90 Å². The highest BCUT2D eigenvalue weighted by molar-refractivity contribution is 5.96. The molecular weight excluding hydrogens is 377 g/mol. The normalized spacial score (nSPS) is 14.3. The number of carbonyl (C=O) groups is 3. The maximum Gasteiger partial charge on any atom is 0.337 e. The number of rotatable bonds is 5. The lowest BCUT2D eigenvalue weighted by atomic mass is 10.1. The monoisotopic (exact) mass is 399 g/mol. The van der Waals surface area contributed by atoms with Crippen molar-refractivity contribution in [3.63, 3.8) is 0 Å². The summed E-state index contributed by atoms with van der Waals surface area (Å²) in [7, 11) is 1.30. The van der Waals surface area contributed by atoms with Crippen LogP contribution in [-0.2, 0) is 9.53 Å². The molecule has 1 saturated heterocycles. The molecule has 0 saturated carbocycles. The molecule has 0 spiro atoms. The van der Waals surface area contributed by atoms with Crippen molar-refractivity contribution in [2.45, 2.75) is 0 Å². The van der Waals surface area contributed by atoms with Crippen LogP contribution in [0.1, 0.15) is 20.7 Å². The van der Waals surface area contributed by atoms with E-state index >= 15 is 0 Å². The molecule has 0 unspecified atom stereocenters. The van der Waals surface area contributed by atoms with Crippen molar-refractivity contribution in [3.8, 4) is 0 Å². The van der Waals surface area contributed by atoms with Gasteiger partial charge in [0.25, 0.3) is 5.91 Å². The lowest BCUT2D eigenvalue weighted by Crippen LogP contribution is -2.50. The number of ether oxygens (including phenoxy) is 1. The Morgan fingerprint density at radius 3 is 2.28 bits per heavy atom. The van der Waals surface area contributed by atoms with Gasteiger partial charge < -0.3 is 15.0 Å². The van der Waals surface area contributed by atoms with Crippen LogP contribution in [-0.4, -0.2) is 67.4 Å². The maximum atomic E-state index is 13.2. The van der Waals surface area contributed by atoms with Gasteiger partial charge in [0, 0.05) is 37.4 Å². The zero-order chi connectivity index (χ0) is 20.8. The number of piperazine rings is 1. The molecule has 0 bridgehead atoms. The van der Waals surface area contributed by atoms with Gasteiger partial charge in [0.1, 0.15) is 5.82 Å². The van der Waals surface area contributed by atoms with Crippen LogP contribution in [0.2, 0.25) is 0 Å². The number of methoxy groups -OCH3 is 1. The van der Waals surface area contributed by atoms with Gasteiger partial charge in [-0.1, -0.05) is 6.07 Å². The SMILES string of the molecule is COC(=O)c1ccc(C(=O)N2CCN(CC(=O)Nc3cccc(F)c3)CC2)cc1. The molecule has 1 N–H and O–H groups in total. The van der Waals surface area contributed by atoms with Gasteiger partial charge in [-0.05, 0) is 42.5 Å². The summed E-state index contributed by atoms with van der Waals surface area (Å²) in [5.41, 5.74) is 1.30. The molecule has 1 aliphatic heterocycles. The third kappa shape index (κ3) is 5.39. The van der Waals surface area contributed by atoms with E-state index in [0.717, 1.165) is 0 Å². The first-order valence-corrected chi connectivity index (χ1v) is 9.21. The summed E-state index contributed by atoms with van der Waals surface area (Å²) in [6.45, 7) is 2.27. The van der Waals surface area contributed by atoms with Gasteiger partial charge in [0.15, 0.2) is 0 Å². The number of hydrogen-bond acceptors (Lipinski definition) is 5. The quantitative estimate of drug-likeness (QED) is 0.779. The molecule has 0 atom stereocenters. The number of esters is 1. The molecular formula is C21H22FN3O4. The van der Waals surface area contributed by atoms with E-state index in [9.17, 15) is 18.8 Å². The van der Waals surface area contributed by atoms with Crippen LogP contribution in [0.25, 0.3) is 0 Å². The zero-order valence-electron chi connectivity index (χ0n) is 16.1. The molecule has 152 valence electrons. The van der Waals surface area contributed by atoms with Crippen molar-refractivity contribution in [2.24, 2.45) is 0 Å². The fraction of sp³-hybridized carbons (Fsp3) is 0.286. The number of carbonyl (C=O) groups excluding carboxylic acids is 3. The predicted molar refractivity (Wildman–Crippen MR) is 105 cm³/mol. The Hall–Kier alpha value is -3.26. The van der Waals surface area contributed by atoms with Crippen molar-refractivity contribution in [1.82, 2.24) is 9.80 Å². The third-order valence-electron chi connectivity index (χ3n) is 4.69. The number of benzene rings is 2. The first-order valence-electron chi connectivity index (χ1n) is 9.21. The predicted octanol–water partition coefficient (Wildman–Crippen LogP) is 2.01. The largest absolute Gasteiger partial charge is 0.465 e. The minimum atomic E-state index is -0.450. The fourth-order valence-corrected chi connectivity index (χ4v) is 3.13. The van der Waals surface area contributed by atoms with Gasteiger partial charge in [-0.15, -0.1) is 0 Å². The second-order valence-electron chi connectivity index (χ2n) is 6.70. The number of nitrogens with one attached hydrogen (secondary N) is 1. The molecule has 2 aromatic carbocycles. The molecule has 1 aliphatic rings. The Morgan fingerprint density at radius 1 is 1.00 bits per heavy atom. The van der Waals surface area contributed by atoms with Gasteiger partial charge in [-0.2, -0.15) is 0 Å². The second kappa shape index (κ2) is 9.29. The summed E-state index contributed by atoms with van der Waals surface area (Å²) in [4.78, 5) is 39.9. The molecule has 1 fully saturated rings. The number of anilines is 1. The van der Waals surface area contributed by atoms with E-state index < -0.39 is 11.8 Å². The van der Waals surface area contributed by atoms with Crippen LogP contribution in [0.5, 0.6) is 0 Å². The van der Waals surface area contributed by atoms with Crippen LogP contribution in [0.4, 0.5) is 10.1 Å². The summed E-state index contributed by atoms with van der Waals surface area (Å²) in [6, 6.07) is 12.1. The summed E-state index contributed by atoms with van der Waals surface area (Å²) in [5.74, 6) is -1.21. The smallest absolute Gasteiger partial charge is 0.337 e. The molecule has 2 aromatic rings. The zero-order valence-corrected chi connectivity index (χ0v) is 16.1. The van der Waals surface area contributed by atoms with Crippen molar-refractivity contribution in [1.29, 1.82) is 0 Å². The Morgan fingerprint density at radius 2 is 1.66 bits per heavy atom.